The molecule has 4 nitrogen and oxygen atoms in total. The monoisotopic (exact) mass is 469 g/mol. The molecule has 5 rings (SSSR count). The lowest BCUT2D eigenvalue weighted by atomic mass is 9.74. The number of ether oxygens (including phenoxy) is 1. The summed E-state index contributed by atoms with van der Waals surface area (Å²) in [4.78, 5) is 27.2. The predicted octanol–water partition coefficient (Wildman–Crippen LogP) is 7.12. The number of rotatable bonds is 3. The van der Waals surface area contributed by atoms with E-state index in [2.05, 4.69) is 31.3 Å². The highest BCUT2D eigenvalue weighted by Gasteiger charge is 2.39. The molecule has 0 aromatic heterocycles. The number of thioether (sulfide) groups is 1. The van der Waals surface area contributed by atoms with E-state index in [1.54, 1.807) is 30.0 Å². The fraction of sp³-hybridized carbons (Fsp3) is 0.241. The molecule has 3 aromatic carbocycles. The summed E-state index contributed by atoms with van der Waals surface area (Å²) in [7, 11) is 0. The number of carbonyl (C=O) groups is 2. The number of hydrogen-bond donors (Lipinski definition) is 1. The summed E-state index contributed by atoms with van der Waals surface area (Å²) in [6, 6.07) is 23.0. The number of para-hydroxylation sites is 1. The van der Waals surface area contributed by atoms with Crippen LogP contribution in [-0.2, 0) is 4.79 Å². The van der Waals surface area contributed by atoms with Crippen LogP contribution in [-0.4, -0.2) is 11.8 Å². The molecule has 0 unspecified atom stereocenters. The van der Waals surface area contributed by atoms with E-state index in [1.807, 2.05) is 49.4 Å². The Labute approximate surface area is 204 Å². The van der Waals surface area contributed by atoms with Gasteiger partial charge in [0.2, 0.25) is 0 Å². The van der Waals surface area contributed by atoms with Crippen LogP contribution in [0.25, 0.3) is 0 Å². The maximum atomic E-state index is 13.4. The van der Waals surface area contributed by atoms with Crippen LogP contribution in [0.5, 0.6) is 5.75 Å². The minimum absolute atomic E-state index is 0.0944. The molecule has 0 spiro atoms. The van der Waals surface area contributed by atoms with Crippen molar-refractivity contribution in [1.29, 1.82) is 0 Å². The standard InChI is InChI=1S/C29H27NO3S/c1-18-11-13-19(14-12-18)28(32)33-21-8-6-7-20(15-21)27-26-23(16-29(2,3)17-24(26)31)30-22-9-4-5-10-25(22)34-27/h4-15,27,30H,16-17H2,1-3H3/t27-/m1/s1. The number of hydrogen-bond acceptors (Lipinski definition) is 5. The Hall–Kier alpha value is -3.31. The first kappa shape index (κ1) is 22.5. The lowest BCUT2D eigenvalue weighted by Gasteiger charge is -2.34. The Balaban J connectivity index is 1.52. The van der Waals surface area contributed by atoms with Gasteiger partial charge in [0.15, 0.2) is 5.78 Å². The smallest absolute Gasteiger partial charge is 0.343 e. The van der Waals surface area contributed by atoms with Crippen molar-refractivity contribution in [2.75, 3.05) is 5.32 Å². The van der Waals surface area contributed by atoms with E-state index in [9.17, 15) is 9.59 Å². The SMILES string of the molecule is Cc1ccc(C(=O)Oc2cccc([C@H]3Sc4ccccc4NC4=C3C(=O)CC(C)(C)C4)c2)cc1. The summed E-state index contributed by atoms with van der Waals surface area (Å²) in [6.07, 6.45) is 1.32. The van der Waals surface area contributed by atoms with Crippen LogP contribution < -0.4 is 10.1 Å². The third kappa shape index (κ3) is 4.53. The molecule has 2 aliphatic rings. The highest BCUT2D eigenvalue weighted by Crippen LogP contribution is 2.52. The Kier molecular flexibility index (Phi) is 5.82. The molecule has 1 aliphatic carbocycles. The number of fused-ring (bicyclic) bond motifs is 1. The van der Waals surface area contributed by atoms with Crippen LogP contribution in [0.1, 0.15) is 53.4 Å². The fourth-order valence-electron chi connectivity index (χ4n) is 4.60. The molecule has 1 aliphatic heterocycles. The van der Waals surface area contributed by atoms with Crippen molar-refractivity contribution in [3.8, 4) is 5.75 Å². The first-order valence-electron chi connectivity index (χ1n) is 11.5. The molecule has 0 amide bonds. The van der Waals surface area contributed by atoms with E-state index in [-0.39, 0.29) is 16.4 Å². The maximum Gasteiger partial charge on any atom is 0.343 e. The van der Waals surface area contributed by atoms with Crippen LogP contribution in [0, 0.1) is 12.3 Å². The number of benzene rings is 3. The van der Waals surface area contributed by atoms with E-state index < -0.39 is 5.97 Å². The van der Waals surface area contributed by atoms with Crippen LogP contribution in [0.4, 0.5) is 5.69 Å². The molecule has 1 atom stereocenters. The van der Waals surface area contributed by atoms with Gasteiger partial charge in [0.1, 0.15) is 5.75 Å². The molecular formula is C29H27NO3S. The number of allylic oxidation sites excluding steroid dienone is 1. The minimum atomic E-state index is -0.395. The summed E-state index contributed by atoms with van der Waals surface area (Å²) in [6.45, 7) is 6.26. The largest absolute Gasteiger partial charge is 0.423 e. The quantitative estimate of drug-likeness (QED) is 0.327. The Morgan fingerprint density at radius 2 is 1.76 bits per heavy atom. The predicted molar refractivity (Wildman–Crippen MR) is 136 cm³/mol. The molecule has 1 N–H and O–H groups in total. The van der Waals surface area contributed by atoms with Gasteiger partial charge >= 0.3 is 5.97 Å². The molecule has 3 aromatic rings. The van der Waals surface area contributed by atoms with Crippen molar-refractivity contribution >= 4 is 29.2 Å². The Morgan fingerprint density at radius 3 is 2.56 bits per heavy atom. The number of carbonyl (C=O) groups excluding carboxylic acids is 2. The van der Waals surface area contributed by atoms with E-state index >= 15 is 0 Å². The molecular weight excluding hydrogens is 442 g/mol. The second-order valence-corrected chi connectivity index (χ2v) is 10.9. The molecule has 172 valence electrons. The van der Waals surface area contributed by atoms with Gasteiger partial charge in [0, 0.05) is 22.6 Å². The van der Waals surface area contributed by atoms with Gasteiger partial charge in [0.05, 0.1) is 16.5 Å². The van der Waals surface area contributed by atoms with Crippen LogP contribution in [0.2, 0.25) is 0 Å². The third-order valence-electron chi connectivity index (χ3n) is 6.26. The van der Waals surface area contributed by atoms with E-state index in [1.165, 1.54) is 0 Å². The number of aryl methyl sites for hydroxylation is 1. The lowest BCUT2D eigenvalue weighted by Crippen LogP contribution is -2.29. The average Bonchev–Trinajstić information content (AvgIpc) is 2.95. The van der Waals surface area contributed by atoms with Gasteiger partial charge in [-0.3, -0.25) is 4.79 Å². The number of ketones is 1. The van der Waals surface area contributed by atoms with E-state index in [4.69, 9.17) is 4.74 Å². The molecule has 34 heavy (non-hydrogen) atoms. The Bertz CT molecular complexity index is 1310. The molecule has 0 saturated heterocycles. The number of esters is 1. The average molecular weight is 470 g/mol. The van der Waals surface area contributed by atoms with Crippen LogP contribution >= 0.6 is 11.8 Å². The van der Waals surface area contributed by atoms with Crippen molar-refractivity contribution in [1.82, 2.24) is 0 Å². The van der Waals surface area contributed by atoms with Gasteiger partial charge in [-0.05, 0) is 60.7 Å². The first-order chi connectivity index (χ1) is 16.3. The van der Waals surface area contributed by atoms with Gasteiger partial charge < -0.3 is 10.1 Å². The topological polar surface area (TPSA) is 55.4 Å². The minimum Gasteiger partial charge on any atom is -0.423 e. The van der Waals surface area contributed by atoms with E-state index in [0.717, 1.165) is 39.4 Å². The zero-order valence-electron chi connectivity index (χ0n) is 19.6. The summed E-state index contributed by atoms with van der Waals surface area (Å²) >= 11 is 1.66. The molecule has 0 radical (unpaired) electrons. The van der Waals surface area contributed by atoms with Gasteiger partial charge in [0.25, 0.3) is 0 Å². The Morgan fingerprint density at radius 1 is 1.00 bits per heavy atom. The van der Waals surface area contributed by atoms with Crippen molar-refractivity contribution < 1.29 is 14.3 Å². The molecule has 0 bridgehead atoms. The molecule has 0 fully saturated rings. The first-order valence-corrected chi connectivity index (χ1v) is 12.3. The molecule has 0 saturated carbocycles. The summed E-state index contributed by atoms with van der Waals surface area (Å²) in [5.41, 5.74) is 5.28. The highest BCUT2D eigenvalue weighted by molar-refractivity contribution is 8.00. The van der Waals surface area contributed by atoms with Gasteiger partial charge in [-0.15, -0.1) is 11.8 Å². The lowest BCUT2D eigenvalue weighted by molar-refractivity contribution is -0.118. The second kappa shape index (κ2) is 8.80. The summed E-state index contributed by atoms with van der Waals surface area (Å²) < 4.78 is 5.70. The zero-order chi connectivity index (χ0) is 23.9. The molecule has 5 heteroatoms. The van der Waals surface area contributed by atoms with Gasteiger partial charge in [-0.1, -0.05) is 55.8 Å². The van der Waals surface area contributed by atoms with Crippen LogP contribution in [0.3, 0.4) is 0 Å². The van der Waals surface area contributed by atoms with Crippen molar-refractivity contribution in [3.63, 3.8) is 0 Å². The summed E-state index contributed by atoms with van der Waals surface area (Å²) in [5, 5.41) is 3.39. The number of anilines is 1. The fourth-order valence-corrected chi connectivity index (χ4v) is 5.93. The summed E-state index contributed by atoms with van der Waals surface area (Å²) in [5.74, 6) is 0.249. The van der Waals surface area contributed by atoms with Gasteiger partial charge in [-0.2, -0.15) is 0 Å². The van der Waals surface area contributed by atoms with Gasteiger partial charge in [-0.25, -0.2) is 4.79 Å². The number of Topliss-reactive ketones (excluding diaryl/α,β-unsaturated/α-hetero) is 1. The third-order valence-corrected chi connectivity index (χ3v) is 7.61. The molecule has 1 heterocycles. The van der Waals surface area contributed by atoms with E-state index in [0.29, 0.717) is 17.7 Å². The maximum absolute atomic E-state index is 13.4. The normalized spacial score (nSPS) is 18.9. The van der Waals surface area contributed by atoms with Crippen molar-refractivity contribution in [3.05, 3.63) is 101 Å². The highest BCUT2D eigenvalue weighted by atomic mass is 32.2. The van der Waals surface area contributed by atoms with Crippen molar-refractivity contribution in [2.45, 2.75) is 43.8 Å². The number of nitrogens with one attached hydrogen (secondary N) is 1. The van der Waals surface area contributed by atoms with Crippen molar-refractivity contribution in [2.24, 2.45) is 5.41 Å². The van der Waals surface area contributed by atoms with Crippen LogP contribution in [0.15, 0.2) is 89.0 Å². The second-order valence-electron chi connectivity index (χ2n) is 9.78. The zero-order valence-corrected chi connectivity index (χ0v) is 20.4.